The number of rotatable bonds is 3. The van der Waals surface area contributed by atoms with Gasteiger partial charge in [0.1, 0.15) is 11.6 Å². The van der Waals surface area contributed by atoms with Crippen molar-refractivity contribution in [3.8, 4) is 10.9 Å². The predicted molar refractivity (Wildman–Crippen MR) is 88.4 cm³/mol. The van der Waals surface area contributed by atoms with Crippen LogP contribution in [0.5, 0.6) is 10.9 Å². The van der Waals surface area contributed by atoms with Gasteiger partial charge in [-0.2, -0.15) is 0 Å². The van der Waals surface area contributed by atoms with Gasteiger partial charge in [-0.1, -0.05) is 29.5 Å². The first-order valence-electron chi connectivity index (χ1n) is 7.03. The fourth-order valence-corrected chi connectivity index (χ4v) is 4.74. The van der Waals surface area contributed by atoms with Gasteiger partial charge in [-0.15, -0.1) is 0 Å². The molecule has 2 aromatic carbocycles. The van der Waals surface area contributed by atoms with Crippen molar-refractivity contribution in [2.75, 3.05) is 4.31 Å². The first-order valence-corrected chi connectivity index (χ1v) is 9.34. The van der Waals surface area contributed by atoms with E-state index >= 15 is 0 Å². The summed E-state index contributed by atoms with van der Waals surface area (Å²) in [5, 5.41) is 2.09. The highest BCUT2D eigenvalue weighted by atomic mass is 32.2. The van der Waals surface area contributed by atoms with Crippen LogP contribution in [0.2, 0.25) is 0 Å². The Morgan fingerprint density at radius 2 is 2.04 bits per heavy atom. The number of aromatic nitrogens is 1. The molecule has 0 unspecified atom stereocenters. The molecule has 0 saturated carbocycles. The van der Waals surface area contributed by atoms with Crippen LogP contribution in [0.1, 0.15) is 5.56 Å². The van der Waals surface area contributed by atoms with Crippen LogP contribution in [-0.4, -0.2) is 13.4 Å². The van der Waals surface area contributed by atoms with Gasteiger partial charge in [0.25, 0.3) is 15.2 Å². The number of thiazole rings is 1. The highest BCUT2D eigenvalue weighted by Gasteiger charge is 2.34. The molecule has 1 aliphatic heterocycles. The van der Waals surface area contributed by atoms with E-state index in [2.05, 4.69) is 4.98 Å². The van der Waals surface area contributed by atoms with E-state index in [1.54, 1.807) is 35.8 Å². The first-order chi connectivity index (χ1) is 11.5. The highest BCUT2D eigenvalue weighted by molar-refractivity contribution is 7.93. The molecule has 3 aromatic rings. The number of sulfonamides is 1. The lowest BCUT2D eigenvalue weighted by Crippen LogP contribution is -2.23. The van der Waals surface area contributed by atoms with Crippen LogP contribution in [0.15, 0.2) is 58.9 Å². The van der Waals surface area contributed by atoms with Crippen molar-refractivity contribution < 1.29 is 17.5 Å². The molecule has 5 nitrogen and oxygen atoms in total. The molecule has 0 N–H and O–H groups in total. The molecule has 1 aromatic heterocycles. The molecule has 0 radical (unpaired) electrons. The molecule has 0 fully saturated rings. The minimum atomic E-state index is -3.70. The van der Waals surface area contributed by atoms with Gasteiger partial charge in [0.2, 0.25) is 0 Å². The van der Waals surface area contributed by atoms with Gasteiger partial charge in [-0.05, 0) is 17.7 Å². The fourth-order valence-electron chi connectivity index (χ4n) is 2.59. The van der Waals surface area contributed by atoms with Crippen LogP contribution in [0.25, 0.3) is 0 Å². The van der Waals surface area contributed by atoms with E-state index in [-0.39, 0.29) is 22.9 Å². The van der Waals surface area contributed by atoms with Crippen molar-refractivity contribution in [2.45, 2.75) is 11.4 Å². The maximum atomic E-state index is 14.0. The van der Waals surface area contributed by atoms with Crippen LogP contribution >= 0.6 is 11.3 Å². The average molecular weight is 362 g/mol. The highest BCUT2D eigenvalue weighted by Crippen LogP contribution is 2.37. The van der Waals surface area contributed by atoms with Crippen molar-refractivity contribution in [1.82, 2.24) is 4.98 Å². The molecule has 2 heterocycles. The van der Waals surface area contributed by atoms with Crippen molar-refractivity contribution in [2.24, 2.45) is 0 Å². The number of ether oxygens (including phenoxy) is 1. The maximum Gasteiger partial charge on any atom is 0.278 e. The second-order valence-corrected chi connectivity index (χ2v) is 7.85. The third kappa shape index (κ3) is 2.53. The van der Waals surface area contributed by atoms with Crippen LogP contribution in [0.4, 0.5) is 10.1 Å². The molecule has 0 atom stereocenters. The lowest BCUT2D eigenvalue weighted by atomic mass is 10.2. The second-order valence-electron chi connectivity index (χ2n) is 5.16. The van der Waals surface area contributed by atoms with Crippen molar-refractivity contribution in [3.63, 3.8) is 0 Å². The monoisotopic (exact) mass is 362 g/mol. The zero-order valence-electron chi connectivity index (χ0n) is 12.2. The Labute approximate surface area is 142 Å². The minimum absolute atomic E-state index is 0.165. The minimum Gasteiger partial charge on any atom is -0.431 e. The van der Waals surface area contributed by atoms with Gasteiger partial charge in [0.15, 0.2) is 0 Å². The first kappa shape index (κ1) is 15.1. The van der Waals surface area contributed by atoms with E-state index in [9.17, 15) is 12.8 Å². The zero-order valence-corrected chi connectivity index (χ0v) is 13.8. The van der Waals surface area contributed by atoms with Crippen LogP contribution < -0.4 is 9.04 Å². The van der Waals surface area contributed by atoms with E-state index in [0.717, 1.165) is 0 Å². The van der Waals surface area contributed by atoms with Gasteiger partial charge >= 0.3 is 0 Å². The molecule has 0 saturated heterocycles. The summed E-state index contributed by atoms with van der Waals surface area (Å²) >= 11 is 1.26. The van der Waals surface area contributed by atoms with Gasteiger partial charge in [-0.25, -0.2) is 17.8 Å². The normalized spacial score (nSPS) is 15.3. The number of hydrogen-bond acceptors (Lipinski definition) is 5. The van der Waals surface area contributed by atoms with Crippen LogP contribution in [-0.2, 0) is 16.6 Å². The quantitative estimate of drug-likeness (QED) is 0.711. The SMILES string of the molecule is O=S1(=O)c2ccccc2CN1c1cc(F)cc(Oc2nccs2)c1. The van der Waals surface area contributed by atoms with Gasteiger partial charge < -0.3 is 4.74 Å². The van der Waals surface area contributed by atoms with Crippen molar-refractivity contribution in [3.05, 3.63) is 65.4 Å². The number of halogens is 1. The van der Waals surface area contributed by atoms with E-state index in [0.29, 0.717) is 10.8 Å². The Kier molecular flexibility index (Phi) is 3.50. The Balaban J connectivity index is 1.74. The topological polar surface area (TPSA) is 59.5 Å². The summed E-state index contributed by atoms with van der Waals surface area (Å²) in [6, 6.07) is 10.6. The van der Waals surface area contributed by atoms with Crippen LogP contribution in [0, 0.1) is 5.82 Å². The molecule has 0 bridgehead atoms. The van der Waals surface area contributed by atoms with E-state index in [1.165, 1.54) is 33.8 Å². The lowest BCUT2D eigenvalue weighted by molar-refractivity contribution is 0.473. The third-order valence-corrected chi connectivity index (χ3v) is 6.14. The zero-order chi connectivity index (χ0) is 16.7. The number of fused-ring (bicyclic) bond motifs is 1. The summed E-state index contributed by atoms with van der Waals surface area (Å²) in [5.41, 5.74) is 0.905. The Morgan fingerprint density at radius 3 is 2.79 bits per heavy atom. The second kappa shape index (κ2) is 5.57. The van der Waals surface area contributed by atoms with Gasteiger partial charge in [0.05, 0.1) is 17.1 Å². The maximum absolute atomic E-state index is 14.0. The van der Waals surface area contributed by atoms with Crippen LogP contribution in [0.3, 0.4) is 0 Å². The molecule has 0 amide bonds. The molecule has 122 valence electrons. The largest absolute Gasteiger partial charge is 0.431 e. The molecule has 4 rings (SSSR count). The molecular weight excluding hydrogens is 351 g/mol. The Morgan fingerprint density at radius 1 is 1.21 bits per heavy atom. The number of hydrogen-bond donors (Lipinski definition) is 0. The predicted octanol–water partition coefficient (Wildman–Crippen LogP) is 3.78. The molecule has 0 aliphatic carbocycles. The van der Waals surface area contributed by atoms with E-state index in [1.807, 2.05) is 0 Å². The molecule has 24 heavy (non-hydrogen) atoms. The fraction of sp³-hybridized carbons (Fsp3) is 0.0625. The summed E-state index contributed by atoms with van der Waals surface area (Å²) in [5.74, 6) is -0.378. The number of benzene rings is 2. The molecular formula is C16H11FN2O3S2. The summed E-state index contributed by atoms with van der Waals surface area (Å²) < 4.78 is 46.0. The smallest absolute Gasteiger partial charge is 0.278 e. The Hall–Kier alpha value is -2.45. The van der Waals surface area contributed by atoms with Crippen molar-refractivity contribution in [1.29, 1.82) is 0 Å². The average Bonchev–Trinajstić information content (AvgIpc) is 3.13. The van der Waals surface area contributed by atoms with Gasteiger partial charge in [0, 0.05) is 23.7 Å². The van der Waals surface area contributed by atoms with E-state index in [4.69, 9.17) is 4.74 Å². The standard InChI is InChI=1S/C16H11FN2O3S2/c17-12-7-13(9-14(8-12)22-16-18-5-6-23-16)19-10-11-3-1-2-4-15(11)24(19,20)21/h1-9H,10H2. The van der Waals surface area contributed by atoms with Gasteiger partial charge in [-0.3, -0.25) is 4.31 Å². The molecule has 1 aliphatic rings. The van der Waals surface area contributed by atoms with Crippen molar-refractivity contribution >= 4 is 27.0 Å². The summed E-state index contributed by atoms with van der Waals surface area (Å²) in [7, 11) is -3.70. The summed E-state index contributed by atoms with van der Waals surface area (Å²) in [4.78, 5) is 4.22. The third-order valence-electron chi connectivity index (χ3n) is 3.61. The molecule has 0 spiro atoms. The Bertz CT molecular complexity index is 1000. The number of anilines is 1. The lowest BCUT2D eigenvalue weighted by Gasteiger charge is -2.18. The van der Waals surface area contributed by atoms with E-state index < -0.39 is 15.8 Å². The summed E-state index contributed by atoms with van der Waals surface area (Å²) in [6.45, 7) is 0.165. The molecule has 8 heteroatoms. The number of nitrogens with zero attached hydrogens (tertiary/aromatic N) is 2. The summed E-state index contributed by atoms with van der Waals surface area (Å²) in [6.07, 6.45) is 1.57.